The fourth-order valence-corrected chi connectivity index (χ4v) is 1.97. The molecular formula is C10H18ClN3O. The Balaban J connectivity index is 2.91. The van der Waals surface area contributed by atoms with Crippen LogP contribution < -0.4 is 4.90 Å². The van der Waals surface area contributed by atoms with E-state index in [-0.39, 0.29) is 0 Å². The van der Waals surface area contributed by atoms with Crippen molar-refractivity contribution in [2.24, 2.45) is 7.05 Å². The van der Waals surface area contributed by atoms with Gasteiger partial charge >= 0.3 is 0 Å². The van der Waals surface area contributed by atoms with E-state index < -0.39 is 0 Å². The number of ether oxygens (including phenoxy) is 1. The molecule has 1 aromatic rings. The quantitative estimate of drug-likeness (QED) is 0.721. The molecule has 4 nitrogen and oxygen atoms in total. The second-order valence-electron chi connectivity index (χ2n) is 3.56. The Kier molecular flexibility index (Phi) is 4.42. The van der Waals surface area contributed by atoms with Gasteiger partial charge in [-0.25, -0.2) is 0 Å². The Morgan fingerprint density at radius 1 is 1.53 bits per heavy atom. The molecule has 1 aromatic heterocycles. The number of alkyl halides is 1. The molecule has 1 heterocycles. The lowest BCUT2D eigenvalue weighted by Gasteiger charge is -2.20. The van der Waals surface area contributed by atoms with Crippen LogP contribution in [0.5, 0.6) is 0 Å². The minimum atomic E-state index is 0.492. The van der Waals surface area contributed by atoms with Crippen LogP contribution in [0.25, 0.3) is 0 Å². The van der Waals surface area contributed by atoms with Gasteiger partial charge < -0.3 is 9.64 Å². The normalized spacial score (nSPS) is 10.7. The predicted octanol–water partition coefficient (Wildman–Crippen LogP) is 1.55. The summed E-state index contributed by atoms with van der Waals surface area (Å²) in [7, 11) is 5.65. The van der Waals surface area contributed by atoms with E-state index in [1.165, 1.54) is 0 Å². The molecule has 0 saturated heterocycles. The number of rotatable bonds is 5. The summed E-state index contributed by atoms with van der Waals surface area (Å²) in [5.41, 5.74) is 2.09. The van der Waals surface area contributed by atoms with Crippen LogP contribution in [0.15, 0.2) is 0 Å². The van der Waals surface area contributed by atoms with Crippen molar-refractivity contribution in [1.29, 1.82) is 0 Å². The smallest absolute Gasteiger partial charge is 0.131 e. The second kappa shape index (κ2) is 5.37. The van der Waals surface area contributed by atoms with E-state index in [4.69, 9.17) is 16.3 Å². The zero-order valence-corrected chi connectivity index (χ0v) is 10.5. The maximum Gasteiger partial charge on any atom is 0.131 e. The van der Waals surface area contributed by atoms with Gasteiger partial charge in [0.15, 0.2) is 0 Å². The van der Waals surface area contributed by atoms with Crippen LogP contribution in [0.1, 0.15) is 11.3 Å². The predicted molar refractivity (Wildman–Crippen MR) is 62.6 cm³/mol. The fraction of sp³-hybridized carbons (Fsp3) is 0.700. The van der Waals surface area contributed by atoms with E-state index in [1.54, 1.807) is 7.11 Å². The third-order valence-corrected chi connectivity index (χ3v) is 2.71. The van der Waals surface area contributed by atoms with Crippen molar-refractivity contribution >= 4 is 17.4 Å². The van der Waals surface area contributed by atoms with Crippen LogP contribution in [0.3, 0.4) is 0 Å². The Bertz CT molecular complexity index is 325. The number of methoxy groups -OCH3 is 1. The van der Waals surface area contributed by atoms with Gasteiger partial charge in [-0.05, 0) is 6.92 Å². The van der Waals surface area contributed by atoms with Gasteiger partial charge in [-0.2, -0.15) is 5.10 Å². The molecule has 0 saturated carbocycles. The van der Waals surface area contributed by atoms with Gasteiger partial charge in [-0.1, -0.05) is 0 Å². The van der Waals surface area contributed by atoms with Crippen LogP contribution in [0, 0.1) is 6.92 Å². The zero-order valence-electron chi connectivity index (χ0n) is 9.75. The van der Waals surface area contributed by atoms with Crippen molar-refractivity contribution < 1.29 is 4.74 Å². The number of halogens is 1. The monoisotopic (exact) mass is 231 g/mol. The summed E-state index contributed by atoms with van der Waals surface area (Å²) in [6.45, 7) is 3.51. The average molecular weight is 232 g/mol. The van der Waals surface area contributed by atoms with Crippen LogP contribution in [0.2, 0.25) is 0 Å². The van der Waals surface area contributed by atoms with E-state index >= 15 is 0 Å². The molecule has 0 N–H and O–H groups in total. The second-order valence-corrected chi connectivity index (χ2v) is 3.83. The maximum atomic E-state index is 5.92. The van der Waals surface area contributed by atoms with Gasteiger partial charge in [0.1, 0.15) is 5.82 Å². The maximum absolute atomic E-state index is 5.92. The summed E-state index contributed by atoms with van der Waals surface area (Å²) in [6.07, 6.45) is 0. The molecule has 0 spiro atoms. The summed E-state index contributed by atoms with van der Waals surface area (Å²) in [6, 6.07) is 0. The van der Waals surface area contributed by atoms with Crippen molar-refractivity contribution in [3.63, 3.8) is 0 Å². The summed E-state index contributed by atoms with van der Waals surface area (Å²) in [5, 5.41) is 4.36. The fourth-order valence-electron chi connectivity index (χ4n) is 1.66. The van der Waals surface area contributed by atoms with Gasteiger partial charge in [0.25, 0.3) is 0 Å². The van der Waals surface area contributed by atoms with Gasteiger partial charge in [-0.15, -0.1) is 11.6 Å². The number of aryl methyl sites for hydroxylation is 2. The molecular weight excluding hydrogens is 214 g/mol. The largest absolute Gasteiger partial charge is 0.383 e. The summed E-state index contributed by atoms with van der Waals surface area (Å²) >= 11 is 5.92. The lowest BCUT2D eigenvalue weighted by molar-refractivity contribution is 0.206. The molecule has 0 atom stereocenters. The summed E-state index contributed by atoms with van der Waals surface area (Å²) < 4.78 is 6.91. The third-order valence-electron chi connectivity index (χ3n) is 2.44. The van der Waals surface area contributed by atoms with Crippen LogP contribution in [0.4, 0.5) is 5.82 Å². The van der Waals surface area contributed by atoms with Crippen molar-refractivity contribution in [3.8, 4) is 0 Å². The molecule has 0 bridgehead atoms. The number of nitrogens with zero attached hydrogens (tertiary/aromatic N) is 3. The number of hydrogen-bond donors (Lipinski definition) is 0. The van der Waals surface area contributed by atoms with Gasteiger partial charge in [0.2, 0.25) is 0 Å². The van der Waals surface area contributed by atoms with Crippen LogP contribution in [-0.4, -0.2) is 37.1 Å². The van der Waals surface area contributed by atoms with Crippen molar-refractivity contribution in [1.82, 2.24) is 9.78 Å². The lowest BCUT2D eigenvalue weighted by Crippen LogP contribution is -2.25. The molecule has 0 aliphatic heterocycles. The molecule has 0 unspecified atom stereocenters. The van der Waals surface area contributed by atoms with Crippen molar-refractivity contribution in [3.05, 3.63) is 11.3 Å². The Morgan fingerprint density at radius 3 is 2.73 bits per heavy atom. The highest BCUT2D eigenvalue weighted by Crippen LogP contribution is 2.23. The van der Waals surface area contributed by atoms with Gasteiger partial charge in [-0.3, -0.25) is 4.68 Å². The molecule has 15 heavy (non-hydrogen) atoms. The van der Waals surface area contributed by atoms with Gasteiger partial charge in [0.05, 0.1) is 18.2 Å². The van der Waals surface area contributed by atoms with Crippen LogP contribution >= 0.6 is 11.6 Å². The first-order chi connectivity index (χ1) is 7.11. The van der Waals surface area contributed by atoms with Crippen molar-refractivity contribution in [2.75, 3.05) is 32.2 Å². The first-order valence-corrected chi connectivity index (χ1v) is 5.43. The van der Waals surface area contributed by atoms with E-state index in [1.807, 2.05) is 25.7 Å². The number of likely N-dealkylation sites (N-methyl/N-ethyl adjacent to an activating group) is 1. The minimum Gasteiger partial charge on any atom is -0.383 e. The Morgan fingerprint density at radius 2 is 2.20 bits per heavy atom. The number of anilines is 1. The van der Waals surface area contributed by atoms with E-state index in [0.29, 0.717) is 12.5 Å². The average Bonchev–Trinajstić information content (AvgIpc) is 2.49. The molecule has 0 radical (unpaired) electrons. The molecule has 5 heteroatoms. The molecule has 86 valence electrons. The third kappa shape index (κ3) is 2.63. The highest BCUT2D eigenvalue weighted by Gasteiger charge is 2.15. The van der Waals surface area contributed by atoms with Crippen molar-refractivity contribution in [2.45, 2.75) is 12.8 Å². The molecule has 0 fully saturated rings. The zero-order chi connectivity index (χ0) is 11.4. The van der Waals surface area contributed by atoms with Crippen LogP contribution in [-0.2, 0) is 17.7 Å². The molecule has 0 aliphatic rings. The first kappa shape index (κ1) is 12.3. The molecule has 0 amide bonds. The topological polar surface area (TPSA) is 30.3 Å². The molecule has 1 rings (SSSR count). The minimum absolute atomic E-state index is 0.492. The SMILES string of the molecule is COCCN(C)c1c(CCl)c(C)nn1C. The van der Waals surface area contributed by atoms with Gasteiger partial charge in [0, 0.05) is 33.3 Å². The number of aromatic nitrogens is 2. The lowest BCUT2D eigenvalue weighted by atomic mass is 10.2. The Labute approximate surface area is 95.8 Å². The molecule has 0 aliphatic carbocycles. The summed E-state index contributed by atoms with van der Waals surface area (Å²) in [5.74, 6) is 1.56. The number of hydrogen-bond acceptors (Lipinski definition) is 3. The first-order valence-electron chi connectivity index (χ1n) is 4.90. The highest BCUT2D eigenvalue weighted by molar-refractivity contribution is 6.17. The summed E-state index contributed by atoms with van der Waals surface area (Å²) in [4.78, 5) is 2.11. The molecule has 0 aromatic carbocycles. The van der Waals surface area contributed by atoms with E-state index in [9.17, 15) is 0 Å². The highest BCUT2D eigenvalue weighted by atomic mass is 35.5. The Hall–Kier alpha value is -0.740. The standard InChI is InChI=1S/C10H18ClN3O/c1-8-9(7-11)10(14(3)12-8)13(2)5-6-15-4/h5-7H2,1-4H3. The van der Waals surface area contributed by atoms with E-state index in [2.05, 4.69) is 10.00 Å². The van der Waals surface area contributed by atoms with E-state index in [0.717, 1.165) is 23.6 Å².